The zero-order valence-corrected chi connectivity index (χ0v) is 14.6. The molecule has 0 radical (unpaired) electrons. The maximum absolute atomic E-state index is 12.4. The summed E-state index contributed by atoms with van der Waals surface area (Å²) in [5.41, 5.74) is 1.29. The van der Waals surface area contributed by atoms with Crippen LogP contribution < -0.4 is 4.90 Å². The van der Waals surface area contributed by atoms with Crippen molar-refractivity contribution in [3.8, 4) is 0 Å². The first-order valence-corrected chi connectivity index (χ1v) is 8.58. The fourth-order valence-electron chi connectivity index (χ4n) is 3.14. The molecule has 0 bridgehead atoms. The second kappa shape index (κ2) is 6.73. The van der Waals surface area contributed by atoms with Crippen LogP contribution in [0.25, 0.3) is 0 Å². The summed E-state index contributed by atoms with van der Waals surface area (Å²) in [6.07, 6.45) is -0.0323. The first-order chi connectivity index (χ1) is 13.5. The lowest BCUT2D eigenvalue weighted by atomic mass is 10.1. The van der Waals surface area contributed by atoms with Crippen LogP contribution in [0.2, 0.25) is 0 Å². The molecular weight excluding hydrogens is 364 g/mol. The Labute approximate surface area is 159 Å². The topological polar surface area (TPSA) is 101 Å². The quantitative estimate of drug-likeness (QED) is 0.592. The number of ketones is 1. The van der Waals surface area contributed by atoms with E-state index < -0.39 is 29.5 Å². The highest BCUT2D eigenvalue weighted by atomic mass is 16.7. The summed E-state index contributed by atoms with van der Waals surface area (Å²) < 4.78 is 0. The van der Waals surface area contributed by atoms with Crippen LogP contribution in [0, 0.1) is 0 Å². The van der Waals surface area contributed by atoms with Gasteiger partial charge >= 0.3 is 5.97 Å². The number of amides is 3. The molecule has 4 rings (SSSR count). The molecule has 2 aromatic rings. The van der Waals surface area contributed by atoms with Crippen molar-refractivity contribution in [2.75, 3.05) is 4.90 Å². The molecule has 2 aliphatic rings. The van der Waals surface area contributed by atoms with Gasteiger partial charge in [-0.1, -0.05) is 30.3 Å². The van der Waals surface area contributed by atoms with E-state index in [1.165, 1.54) is 23.1 Å². The number of rotatable bonds is 4. The lowest BCUT2D eigenvalue weighted by Crippen LogP contribution is -2.32. The predicted molar refractivity (Wildman–Crippen MR) is 94.9 cm³/mol. The fourth-order valence-corrected chi connectivity index (χ4v) is 3.14. The van der Waals surface area contributed by atoms with Crippen LogP contribution in [-0.2, 0) is 25.8 Å². The number of imide groups is 1. The summed E-state index contributed by atoms with van der Waals surface area (Å²) in [7, 11) is 0. The summed E-state index contributed by atoms with van der Waals surface area (Å²) in [6, 6.07) is 13.3. The lowest BCUT2D eigenvalue weighted by Gasteiger charge is -2.17. The van der Waals surface area contributed by atoms with Crippen molar-refractivity contribution in [3.05, 3.63) is 65.2 Å². The van der Waals surface area contributed by atoms with Crippen LogP contribution in [0.15, 0.2) is 48.5 Å². The smallest absolute Gasteiger partial charge is 0.325 e. The van der Waals surface area contributed by atoms with Gasteiger partial charge in [0.1, 0.15) is 0 Å². The van der Waals surface area contributed by atoms with Crippen molar-refractivity contribution in [1.82, 2.24) is 5.06 Å². The summed E-state index contributed by atoms with van der Waals surface area (Å²) in [4.78, 5) is 66.3. The van der Waals surface area contributed by atoms with Gasteiger partial charge in [-0.3, -0.25) is 19.2 Å². The van der Waals surface area contributed by atoms with E-state index >= 15 is 0 Å². The first kappa shape index (κ1) is 17.6. The zero-order chi connectivity index (χ0) is 19.8. The van der Waals surface area contributed by atoms with E-state index in [2.05, 4.69) is 0 Å². The predicted octanol–water partition coefficient (Wildman–Crippen LogP) is 1.64. The number of hydrogen-bond donors (Lipinski definition) is 0. The van der Waals surface area contributed by atoms with Crippen molar-refractivity contribution in [2.24, 2.45) is 0 Å². The molecule has 2 aromatic carbocycles. The molecule has 28 heavy (non-hydrogen) atoms. The average molecular weight is 378 g/mol. The molecule has 0 aromatic heterocycles. The van der Waals surface area contributed by atoms with Gasteiger partial charge in [0.25, 0.3) is 23.5 Å². The van der Waals surface area contributed by atoms with Gasteiger partial charge < -0.3 is 9.74 Å². The van der Waals surface area contributed by atoms with E-state index in [1.807, 2.05) is 30.3 Å². The molecule has 2 aliphatic heterocycles. The van der Waals surface area contributed by atoms with Gasteiger partial charge in [0.15, 0.2) is 0 Å². The second-order valence-electron chi connectivity index (χ2n) is 6.40. The van der Waals surface area contributed by atoms with Gasteiger partial charge in [0, 0.05) is 12.8 Å². The van der Waals surface area contributed by atoms with Crippen LogP contribution >= 0.6 is 0 Å². The number of Topliss-reactive ketones (excluding diaryl/α,β-unsaturated/α-hetero) is 1. The van der Waals surface area contributed by atoms with Gasteiger partial charge in [0.05, 0.1) is 23.4 Å². The molecule has 1 saturated heterocycles. The maximum Gasteiger partial charge on any atom is 0.363 e. The number of benzene rings is 2. The zero-order valence-electron chi connectivity index (χ0n) is 14.6. The maximum atomic E-state index is 12.4. The van der Waals surface area contributed by atoms with E-state index in [4.69, 9.17) is 4.84 Å². The Bertz CT molecular complexity index is 1010. The Kier molecular flexibility index (Phi) is 4.23. The third-order valence-electron chi connectivity index (χ3n) is 4.57. The summed E-state index contributed by atoms with van der Waals surface area (Å²) in [5, 5.41) is 0.435. The Morgan fingerprint density at radius 1 is 0.929 bits per heavy atom. The number of hydroxylamine groups is 2. The van der Waals surface area contributed by atoms with Crippen LogP contribution in [0.5, 0.6) is 0 Å². The minimum atomic E-state index is -0.951. The van der Waals surface area contributed by atoms with E-state index in [-0.39, 0.29) is 30.5 Å². The average Bonchev–Trinajstić information content (AvgIpc) is 3.14. The van der Waals surface area contributed by atoms with Gasteiger partial charge in [-0.25, -0.2) is 4.79 Å². The molecule has 0 unspecified atom stereocenters. The highest BCUT2D eigenvalue weighted by Crippen LogP contribution is 2.31. The largest absolute Gasteiger partial charge is 0.363 e. The van der Waals surface area contributed by atoms with E-state index in [0.717, 1.165) is 5.56 Å². The number of nitrogens with zero attached hydrogens (tertiary/aromatic N) is 2. The van der Waals surface area contributed by atoms with Crippen LogP contribution in [0.1, 0.15) is 39.1 Å². The SMILES string of the molecule is O=C(ON1C(=O)CCC1=O)c1ccc2c(c1)C(=O)C(=O)N2Cc1ccccc1. The fraction of sp³-hybridized carbons (Fsp3) is 0.150. The van der Waals surface area contributed by atoms with Gasteiger partial charge in [-0.15, -0.1) is 5.06 Å². The van der Waals surface area contributed by atoms with E-state index in [9.17, 15) is 24.0 Å². The number of hydrogen-bond acceptors (Lipinski definition) is 6. The van der Waals surface area contributed by atoms with Crippen molar-refractivity contribution < 1.29 is 28.8 Å². The van der Waals surface area contributed by atoms with E-state index in [1.54, 1.807) is 0 Å². The van der Waals surface area contributed by atoms with Crippen molar-refractivity contribution in [2.45, 2.75) is 19.4 Å². The molecule has 140 valence electrons. The summed E-state index contributed by atoms with van der Waals surface area (Å²) in [5.74, 6) is -3.56. The minimum Gasteiger partial charge on any atom is -0.325 e. The molecule has 0 N–H and O–H groups in total. The molecule has 0 saturated carbocycles. The highest BCUT2D eigenvalue weighted by molar-refractivity contribution is 6.52. The van der Waals surface area contributed by atoms with Crippen LogP contribution in [0.3, 0.4) is 0 Å². The Morgan fingerprint density at radius 3 is 2.29 bits per heavy atom. The number of carbonyl (C=O) groups is 5. The van der Waals surface area contributed by atoms with Gasteiger partial charge in [-0.05, 0) is 23.8 Å². The molecule has 0 spiro atoms. The third kappa shape index (κ3) is 2.94. The van der Waals surface area contributed by atoms with E-state index in [0.29, 0.717) is 10.8 Å². The van der Waals surface area contributed by atoms with Crippen molar-refractivity contribution in [3.63, 3.8) is 0 Å². The number of anilines is 1. The van der Waals surface area contributed by atoms with Gasteiger partial charge in [0.2, 0.25) is 0 Å². The molecule has 1 fully saturated rings. The second-order valence-corrected chi connectivity index (χ2v) is 6.40. The minimum absolute atomic E-state index is 0.0161. The molecular formula is C20H14N2O6. The Balaban J connectivity index is 1.59. The normalized spacial score (nSPS) is 16.0. The molecule has 2 heterocycles. The molecule has 0 aliphatic carbocycles. The van der Waals surface area contributed by atoms with Gasteiger partial charge in [-0.2, -0.15) is 0 Å². The monoisotopic (exact) mass is 378 g/mol. The first-order valence-electron chi connectivity index (χ1n) is 8.58. The standard InChI is InChI=1S/C20H14N2O6/c23-16-8-9-17(24)22(16)28-20(27)13-6-7-15-14(10-13)18(25)19(26)21(15)11-12-4-2-1-3-5-12/h1-7,10H,8-9,11H2. The summed E-state index contributed by atoms with van der Waals surface area (Å²) in [6.45, 7) is 0.221. The van der Waals surface area contributed by atoms with Crippen LogP contribution in [0.4, 0.5) is 5.69 Å². The van der Waals surface area contributed by atoms with Crippen LogP contribution in [-0.4, -0.2) is 34.5 Å². The molecule has 8 nitrogen and oxygen atoms in total. The molecule has 8 heteroatoms. The summed E-state index contributed by atoms with van der Waals surface area (Å²) >= 11 is 0. The lowest BCUT2D eigenvalue weighted by molar-refractivity contribution is -0.172. The van der Waals surface area contributed by atoms with Crippen molar-refractivity contribution in [1.29, 1.82) is 0 Å². The number of fused-ring (bicyclic) bond motifs is 1. The molecule has 0 atom stereocenters. The highest BCUT2D eigenvalue weighted by Gasteiger charge is 2.37. The Hall–Kier alpha value is -3.81. The molecule has 3 amide bonds. The van der Waals surface area contributed by atoms with Crippen molar-refractivity contribution >= 4 is 35.2 Å². The Morgan fingerprint density at radius 2 is 1.61 bits per heavy atom. The third-order valence-corrected chi connectivity index (χ3v) is 4.57. The number of carbonyl (C=O) groups excluding carboxylic acids is 5.